The van der Waals surface area contributed by atoms with Crippen LogP contribution in [0.15, 0.2) is 16.8 Å². The highest BCUT2D eigenvalue weighted by atomic mass is 35.5. The molecule has 2 unspecified atom stereocenters. The van der Waals surface area contributed by atoms with E-state index < -0.39 is 6.10 Å². The van der Waals surface area contributed by atoms with Crippen LogP contribution in [0.5, 0.6) is 0 Å². The number of aliphatic hydroxyl groups excluding tert-OH is 1. The molecule has 0 spiro atoms. The lowest BCUT2D eigenvalue weighted by Gasteiger charge is -2.12. The summed E-state index contributed by atoms with van der Waals surface area (Å²) in [6, 6.07) is 1.86. The number of rotatable bonds is 7. The topological polar surface area (TPSA) is 70.6 Å². The summed E-state index contributed by atoms with van der Waals surface area (Å²) in [6.07, 6.45) is 1.77. The summed E-state index contributed by atoms with van der Waals surface area (Å²) < 4.78 is 5.45. The Hall–Kier alpha value is -0.660. The number of ether oxygens (including phenoxy) is 1. The van der Waals surface area contributed by atoms with Crippen molar-refractivity contribution in [2.24, 2.45) is 0 Å². The smallest absolute Gasteiger partial charge is 0.234 e. The van der Waals surface area contributed by atoms with Crippen LogP contribution in [0.1, 0.15) is 24.5 Å². The number of carbonyl (C=O) groups is 1. The minimum Gasteiger partial charge on any atom is -0.387 e. The molecule has 0 aromatic carbocycles. The van der Waals surface area contributed by atoms with E-state index in [1.807, 2.05) is 16.8 Å². The molecule has 1 amide bonds. The Morgan fingerprint density at radius 1 is 1.60 bits per heavy atom. The standard InChI is InChI=1S/C13H20N2O3S.ClH/c16-12(10-3-5-19-9-10)7-15-13(17)8-14-6-11-2-1-4-18-11;/h3,5,9,11-12,14,16H,1-2,4,6-8H2,(H,15,17);1H. The Labute approximate surface area is 129 Å². The summed E-state index contributed by atoms with van der Waals surface area (Å²) in [7, 11) is 0. The highest BCUT2D eigenvalue weighted by Crippen LogP contribution is 2.14. The van der Waals surface area contributed by atoms with Crippen LogP contribution in [0, 0.1) is 0 Å². The molecule has 2 heterocycles. The van der Waals surface area contributed by atoms with Gasteiger partial charge in [0, 0.05) is 19.7 Å². The van der Waals surface area contributed by atoms with E-state index in [0.29, 0.717) is 6.54 Å². The van der Waals surface area contributed by atoms with Crippen molar-refractivity contribution in [2.75, 3.05) is 26.2 Å². The minimum atomic E-state index is -0.631. The maximum atomic E-state index is 11.6. The Morgan fingerprint density at radius 2 is 2.45 bits per heavy atom. The molecule has 0 aliphatic carbocycles. The fourth-order valence-corrected chi connectivity index (χ4v) is 2.71. The molecule has 3 N–H and O–H groups in total. The first kappa shape index (κ1) is 17.4. The number of hydrogen-bond donors (Lipinski definition) is 3. The molecule has 2 rings (SSSR count). The first-order valence-corrected chi connectivity index (χ1v) is 7.49. The van der Waals surface area contributed by atoms with Crippen molar-refractivity contribution in [1.29, 1.82) is 0 Å². The van der Waals surface area contributed by atoms with Gasteiger partial charge in [-0.3, -0.25) is 4.79 Å². The Bertz CT molecular complexity index is 383. The SMILES string of the molecule is Cl.O=C(CNCC1CCCO1)NCC(O)c1ccsc1. The Balaban J connectivity index is 0.00000200. The van der Waals surface area contributed by atoms with Gasteiger partial charge >= 0.3 is 0 Å². The van der Waals surface area contributed by atoms with Crippen LogP contribution in [0.25, 0.3) is 0 Å². The minimum absolute atomic E-state index is 0. The molecule has 0 bridgehead atoms. The second kappa shape index (κ2) is 9.31. The van der Waals surface area contributed by atoms with Gasteiger partial charge in [-0.25, -0.2) is 0 Å². The van der Waals surface area contributed by atoms with Gasteiger partial charge in [0.25, 0.3) is 0 Å². The number of carbonyl (C=O) groups excluding carboxylic acids is 1. The second-order valence-corrected chi connectivity index (χ2v) is 5.42. The number of amides is 1. The summed E-state index contributed by atoms with van der Waals surface area (Å²) in [5.41, 5.74) is 0.845. The summed E-state index contributed by atoms with van der Waals surface area (Å²) in [5, 5.41) is 19.4. The van der Waals surface area contributed by atoms with Gasteiger partial charge in [-0.05, 0) is 35.2 Å². The largest absolute Gasteiger partial charge is 0.387 e. The number of halogens is 1. The molecule has 1 aliphatic rings. The van der Waals surface area contributed by atoms with Crippen LogP contribution in [0.4, 0.5) is 0 Å². The molecule has 114 valence electrons. The average molecular weight is 321 g/mol. The molecule has 5 nitrogen and oxygen atoms in total. The third-order valence-corrected chi connectivity index (χ3v) is 3.80. The van der Waals surface area contributed by atoms with E-state index in [4.69, 9.17) is 4.74 Å². The molecule has 1 aromatic heterocycles. The fourth-order valence-electron chi connectivity index (χ4n) is 2.01. The van der Waals surface area contributed by atoms with Crippen molar-refractivity contribution in [1.82, 2.24) is 10.6 Å². The van der Waals surface area contributed by atoms with Crippen LogP contribution in [-0.2, 0) is 9.53 Å². The van der Waals surface area contributed by atoms with Gasteiger partial charge in [-0.1, -0.05) is 0 Å². The first-order valence-electron chi connectivity index (χ1n) is 6.55. The molecular weight excluding hydrogens is 300 g/mol. The molecule has 0 radical (unpaired) electrons. The lowest BCUT2D eigenvalue weighted by Crippen LogP contribution is -2.38. The maximum Gasteiger partial charge on any atom is 0.234 e. The van der Waals surface area contributed by atoms with Crippen molar-refractivity contribution in [3.05, 3.63) is 22.4 Å². The molecule has 20 heavy (non-hydrogen) atoms. The Morgan fingerprint density at radius 3 is 3.10 bits per heavy atom. The van der Waals surface area contributed by atoms with E-state index in [0.717, 1.165) is 25.0 Å². The van der Waals surface area contributed by atoms with Crippen molar-refractivity contribution in [3.63, 3.8) is 0 Å². The summed E-state index contributed by atoms with van der Waals surface area (Å²) in [5.74, 6) is -0.104. The summed E-state index contributed by atoms with van der Waals surface area (Å²) >= 11 is 1.53. The van der Waals surface area contributed by atoms with E-state index in [1.54, 1.807) is 0 Å². The van der Waals surface area contributed by atoms with Crippen LogP contribution >= 0.6 is 23.7 Å². The van der Waals surface area contributed by atoms with E-state index in [1.165, 1.54) is 11.3 Å². The van der Waals surface area contributed by atoms with Crippen molar-refractivity contribution in [2.45, 2.75) is 25.0 Å². The third kappa shape index (κ3) is 5.76. The monoisotopic (exact) mass is 320 g/mol. The number of nitrogens with one attached hydrogen (secondary N) is 2. The molecule has 1 aromatic rings. The lowest BCUT2D eigenvalue weighted by molar-refractivity contribution is -0.120. The zero-order valence-electron chi connectivity index (χ0n) is 11.2. The molecule has 1 aliphatic heterocycles. The second-order valence-electron chi connectivity index (χ2n) is 4.64. The molecule has 7 heteroatoms. The van der Waals surface area contributed by atoms with Gasteiger partial charge in [0.2, 0.25) is 5.91 Å². The van der Waals surface area contributed by atoms with Gasteiger partial charge in [0.05, 0.1) is 18.8 Å². The summed E-state index contributed by atoms with van der Waals surface area (Å²) in [6.45, 7) is 2.04. The van der Waals surface area contributed by atoms with E-state index in [9.17, 15) is 9.90 Å². The predicted molar refractivity (Wildman–Crippen MR) is 81.4 cm³/mol. The average Bonchev–Trinajstić information content (AvgIpc) is 3.08. The molecule has 1 fully saturated rings. The van der Waals surface area contributed by atoms with Gasteiger partial charge in [-0.2, -0.15) is 11.3 Å². The molecule has 2 atom stereocenters. The van der Waals surface area contributed by atoms with Crippen LogP contribution in [-0.4, -0.2) is 43.4 Å². The zero-order chi connectivity index (χ0) is 13.5. The van der Waals surface area contributed by atoms with E-state index in [2.05, 4.69) is 10.6 Å². The van der Waals surface area contributed by atoms with Gasteiger partial charge in [0.1, 0.15) is 0 Å². The predicted octanol–water partition coefficient (Wildman–Crippen LogP) is 1.09. The van der Waals surface area contributed by atoms with Crippen molar-refractivity contribution >= 4 is 29.7 Å². The maximum absolute atomic E-state index is 11.6. The third-order valence-electron chi connectivity index (χ3n) is 3.10. The summed E-state index contributed by atoms with van der Waals surface area (Å²) in [4.78, 5) is 11.6. The van der Waals surface area contributed by atoms with Gasteiger partial charge < -0.3 is 20.5 Å². The normalized spacial score (nSPS) is 19.4. The number of thiophene rings is 1. The molecule has 1 saturated heterocycles. The highest BCUT2D eigenvalue weighted by Gasteiger charge is 2.15. The van der Waals surface area contributed by atoms with Crippen LogP contribution in [0.3, 0.4) is 0 Å². The van der Waals surface area contributed by atoms with Crippen LogP contribution in [0.2, 0.25) is 0 Å². The quantitative estimate of drug-likeness (QED) is 0.703. The Kier molecular flexibility index (Phi) is 8.09. The fraction of sp³-hybridized carbons (Fsp3) is 0.615. The van der Waals surface area contributed by atoms with Gasteiger partial charge in [0.15, 0.2) is 0 Å². The molecular formula is C13H21ClN2O3S. The van der Waals surface area contributed by atoms with E-state index in [-0.39, 0.29) is 37.5 Å². The molecule has 0 saturated carbocycles. The lowest BCUT2D eigenvalue weighted by atomic mass is 10.2. The number of aliphatic hydroxyl groups is 1. The van der Waals surface area contributed by atoms with Crippen LogP contribution < -0.4 is 10.6 Å². The van der Waals surface area contributed by atoms with Gasteiger partial charge in [-0.15, -0.1) is 12.4 Å². The number of hydrogen-bond acceptors (Lipinski definition) is 5. The zero-order valence-corrected chi connectivity index (χ0v) is 12.8. The first-order chi connectivity index (χ1) is 9.25. The van der Waals surface area contributed by atoms with Crippen molar-refractivity contribution < 1.29 is 14.6 Å². The van der Waals surface area contributed by atoms with Crippen molar-refractivity contribution in [3.8, 4) is 0 Å². The highest BCUT2D eigenvalue weighted by molar-refractivity contribution is 7.07. The van der Waals surface area contributed by atoms with E-state index >= 15 is 0 Å².